The van der Waals surface area contributed by atoms with Gasteiger partial charge in [0.2, 0.25) is 0 Å². The average molecular weight is 497 g/mol. The highest BCUT2D eigenvalue weighted by Gasteiger charge is 2.27. The summed E-state index contributed by atoms with van der Waals surface area (Å²) < 4.78 is 15.2. The number of carbonyl (C=O) groups is 2. The van der Waals surface area contributed by atoms with Crippen LogP contribution in [0.2, 0.25) is 0 Å². The van der Waals surface area contributed by atoms with Crippen LogP contribution in [0.1, 0.15) is 71.0 Å². The maximum absolute atomic E-state index is 15.2. The molecule has 2 heterocycles. The smallest absolute Gasteiger partial charge is 0.271 e. The molecule has 37 heavy (non-hydrogen) atoms. The van der Waals surface area contributed by atoms with Crippen LogP contribution in [0.5, 0.6) is 0 Å². The van der Waals surface area contributed by atoms with Gasteiger partial charge in [-0.25, -0.2) is 9.37 Å². The monoisotopic (exact) mass is 496 g/mol. The zero-order chi connectivity index (χ0) is 25.8. The van der Waals surface area contributed by atoms with E-state index in [0.717, 1.165) is 36.8 Å². The van der Waals surface area contributed by atoms with Gasteiger partial charge in [0.1, 0.15) is 11.5 Å². The second-order valence-corrected chi connectivity index (χ2v) is 9.63. The molecule has 1 aliphatic rings. The summed E-state index contributed by atoms with van der Waals surface area (Å²) in [6, 6.07) is 13.0. The van der Waals surface area contributed by atoms with Gasteiger partial charge < -0.3 is 5.32 Å². The number of Topliss-reactive ketones (excluding diaryl/α,β-unsaturated/α-hetero) is 1. The van der Waals surface area contributed by atoms with E-state index in [2.05, 4.69) is 20.3 Å². The van der Waals surface area contributed by atoms with Gasteiger partial charge >= 0.3 is 0 Å². The summed E-state index contributed by atoms with van der Waals surface area (Å²) in [6.45, 7) is 2.61. The van der Waals surface area contributed by atoms with Crippen LogP contribution in [0.15, 0.2) is 61.1 Å². The Hall–Kier alpha value is -4.00. The Morgan fingerprint density at radius 1 is 1.03 bits per heavy atom. The molecule has 0 spiro atoms. The molecule has 1 saturated carbocycles. The Balaban J connectivity index is 1.54. The van der Waals surface area contributed by atoms with Crippen molar-refractivity contribution >= 4 is 22.6 Å². The Kier molecular flexibility index (Phi) is 7.30. The van der Waals surface area contributed by atoms with Crippen LogP contribution in [0.25, 0.3) is 22.2 Å². The van der Waals surface area contributed by atoms with Crippen LogP contribution in [-0.2, 0) is 6.42 Å². The molecule has 1 aliphatic carbocycles. The zero-order valence-corrected chi connectivity index (χ0v) is 20.8. The molecule has 0 aliphatic heterocycles. The summed E-state index contributed by atoms with van der Waals surface area (Å²) in [5.74, 6) is -0.270. The topological polar surface area (TPSA) is 84.8 Å². The number of pyridine rings is 1. The second kappa shape index (κ2) is 10.9. The lowest BCUT2D eigenvalue weighted by Crippen LogP contribution is -2.25. The van der Waals surface area contributed by atoms with Crippen molar-refractivity contribution < 1.29 is 14.0 Å². The summed E-state index contributed by atoms with van der Waals surface area (Å²) in [7, 11) is 0. The number of ketones is 1. The SMILES string of the molecule is CCCCNC(=O)c1cnc(-c2cc3c(Cc4ccccc4)c(C(=O)CC4CC4)cnc3cc2F)cn1. The van der Waals surface area contributed by atoms with E-state index in [1.807, 2.05) is 37.3 Å². The lowest BCUT2D eigenvalue weighted by atomic mass is 9.92. The first-order valence-electron chi connectivity index (χ1n) is 12.8. The summed E-state index contributed by atoms with van der Waals surface area (Å²) in [4.78, 5) is 38.5. The lowest BCUT2D eigenvalue weighted by Gasteiger charge is -2.14. The molecule has 2 aromatic carbocycles. The van der Waals surface area contributed by atoms with Crippen molar-refractivity contribution in [2.75, 3.05) is 6.54 Å². The Bertz CT molecular complexity index is 1430. The molecule has 1 fully saturated rings. The Morgan fingerprint density at radius 3 is 2.54 bits per heavy atom. The standard InChI is InChI=1S/C30H29FN4O2/c1-2-3-11-32-30(37)28-18-34-27(17-35-28)23-14-22-21(12-19-7-5-4-6-8-19)24(29(36)13-20-9-10-20)16-33-26(22)15-25(23)31/h4-8,14-18,20H,2-3,9-13H2,1H3,(H,32,37). The van der Waals surface area contributed by atoms with Crippen molar-refractivity contribution in [1.82, 2.24) is 20.3 Å². The molecule has 0 unspecified atom stereocenters. The molecule has 2 aromatic heterocycles. The molecule has 6 nitrogen and oxygen atoms in total. The van der Waals surface area contributed by atoms with Gasteiger partial charge in [-0.1, -0.05) is 43.7 Å². The Labute approximate surface area is 215 Å². The van der Waals surface area contributed by atoms with Crippen LogP contribution in [-0.4, -0.2) is 33.2 Å². The number of aromatic nitrogens is 3. The van der Waals surface area contributed by atoms with Gasteiger partial charge in [-0.3, -0.25) is 19.6 Å². The summed E-state index contributed by atoms with van der Waals surface area (Å²) in [6.07, 6.45) is 9.42. The number of hydrogen-bond acceptors (Lipinski definition) is 5. The predicted molar refractivity (Wildman–Crippen MR) is 141 cm³/mol. The van der Waals surface area contributed by atoms with Crippen molar-refractivity contribution in [3.8, 4) is 11.3 Å². The van der Waals surface area contributed by atoms with Crippen LogP contribution >= 0.6 is 0 Å². The summed E-state index contributed by atoms with van der Waals surface area (Å²) in [5, 5.41) is 3.52. The normalized spacial score (nSPS) is 13.0. The Morgan fingerprint density at radius 2 is 1.84 bits per heavy atom. The van der Waals surface area contributed by atoms with Gasteiger partial charge in [-0.15, -0.1) is 0 Å². The molecule has 4 aromatic rings. The lowest BCUT2D eigenvalue weighted by molar-refractivity contribution is 0.0945. The molecular formula is C30H29FN4O2. The highest BCUT2D eigenvalue weighted by atomic mass is 19.1. The van der Waals surface area contributed by atoms with Crippen LogP contribution < -0.4 is 5.32 Å². The minimum absolute atomic E-state index is 0.0759. The van der Waals surface area contributed by atoms with Crippen molar-refractivity contribution in [3.05, 3.63) is 89.3 Å². The number of benzene rings is 2. The maximum atomic E-state index is 15.2. The van der Waals surface area contributed by atoms with Gasteiger partial charge in [-0.05, 0) is 48.8 Å². The summed E-state index contributed by atoms with van der Waals surface area (Å²) in [5.41, 5.74) is 3.70. The van der Waals surface area contributed by atoms with E-state index in [9.17, 15) is 9.59 Å². The molecule has 0 saturated heterocycles. The van der Waals surface area contributed by atoms with Crippen molar-refractivity contribution in [2.45, 2.75) is 45.4 Å². The molecule has 1 amide bonds. The molecule has 1 N–H and O–H groups in total. The first-order valence-corrected chi connectivity index (χ1v) is 12.8. The third-order valence-electron chi connectivity index (χ3n) is 6.74. The first kappa shape index (κ1) is 24.7. The van der Waals surface area contributed by atoms with Crippen LogP contribution in [0.3, 0.4) is 0 Å². The van der Waals surface area contributed by atoms with Crippen molar-refractivity contribution in [1.29, 1.82) is 0 Å². The van der Waals surface area contributed by atoms with Crippen molar-refractivity contribution in [2.24, 2.45) is 5.92 Å². The highest BCUT2D eigenvalue weighted by molar-refractivity contribution is 6.02. The molecule has 0 radical (unpaired) electrons. The fourth-order valence-corrected chi connectivity index (χ4v) is 4.44. The quantitative estimate of drug-likeness (QED) is 0.217. The third-order valence-corrected chi connectivity index (χ3v) is 6.74. The number of hydrogen-bond donors (Lipinski definition) is 1. The van der Waals surface area contributed by atoms with Gasteiger partial charge in [0, 0.05) is 41.7 Å². The number of unbranched alkanes of at least 4 members (excludes halogenated alkanes) is 1. The van der Waals surface area contributed by atoms with E-state index in [1.54, 1.807) is 12.3 Å². The van der Waals surface area contributed by atoms with Crippen LogP contribution in [0.4, 0.5) is 4.39 Å². The average Bonchev–Trinajstić information content (AvgIpc) is 3.73. The number of nitrogens with one attached hydrogen (secondary N) is 1. The fraction of sp³-hybridized carbons (Fsp3) is 0.300. The highest BCUT2D eigenvalue weighted by Crippen LogP contribution is 2.35. The van der Waals surface area contributed by atoms with Gasteiger partial charge in [0.25, 0.3) is 5.91 Å². The number of carbonyl (C=O) groups excluding carboxylic acids is 2. The van der Waals surface area contributed by atoms with E-state index in [4.69, 9.17) is 0 Å². The number of nitrogens with zero attached hydrogens (tertiary/aromatic N) is 3. The van der Waals surface area contributed by atoms with E-state index in [0.29, 0.717) is 47.5 Å². The number of halogens is 1. The predicted octanol–water partition coefficient (Wildman–Crippen LogP) is 5.93. The third kappa shape index (κ3) is 5.71. The van der Waals surface area contributed by atoms with Gasteiger partial charge in [0.05, 0.1) is 23.6 Å². The number of amides is 1. The molecule has 5 rings (SSSR count). The minimum atomic E-state index is -0.489. The largest absolute Gasteiger partial charge is 0.351 e. The van der Waals surface area contributed by atoms with E-state index in [1.165, 1.54) is 18.5 Å². The van der Waals surface area contributed by atoms with E-state index >= 15 is 4.39 Å². The van der Waals surface area contributed by atoms with E-state index < -0.39 is 5.82 Å². The number of fused-ring (bicyclic) bond motifs is 1. The molecular weight excluding hydrogens is 467 g/mol. The second-order valence-electron chi connectivity index (χ2n) is 9.63. The molecule has 0 atom stereocenters. The fourth-order valence-electron chi connectivity index (χ4n) is 4.44. The summed E-state index contributed by atoms with van der Waals surface area (Å²) >= 11 is 0. The van der Waals surface area contributed by atoms with E-state index in [-0.39, 0.29) is 22.9 Å². The van der Waals surface area contributed by atoms with Gasteiger partial charge in [-0.2, -0.15) is 0 Å². The minimum Gasteiger partial charge on any atom is -0.351 e. The van der Waals surface area contributed by atoms with Gasteiger partial charge in [0.15, 0.2) is 5.78 Å². The molecule has 188 valence electrons. The molecule has 0 bridgehead atoms. The maximum Gasteiger partial charge on any atom is 0.271 e. The zero-order valence-electron chi connectivity index (χ0n) is 20.8. The molecule has 7 heteroatoms. The first-order chi connectivity index (χ1) is 18.0. The van der Waals surface area contributed by atoms with Crippen molar-refractivity contribution in [3.63, 3.8) is 0 Å². The number of rotatable bonds is 10. The van der Waals surface area contributed by atoms with Crippen LogP contribution in [0, 0.1) is 11.7 Å².